The van der Waals surface area contributed by atoms with Crippen LogP contribution < -0.4 is 10.1 Å². The predicted octanol–water partition coefficient (Wildman–Crippen LogP) is 3.83. The molecule has 1 aromatic carbocycles. The minimum absolute atomic E-state index is 0.0991. The van der Waals surface area contributed by atoms with Crippen LogP contribution in [0.15, 0.2) is 18.2 Å². The third kappa shape index (κ3) is 3.83. The second kappa shape index (κ2) is 6.11. The molecule has 0 amide bonds. The van der Waals surface area contributed by atoms with Gasteiger partial charge in [0.25, 0.3) is 0 Å². The molecule has 2 saturated heterocycles. The molecule has 7 heteroatoms. The van der Waals surface area contributed by atoms with Gasteiger partial charge in [0.2, 0.25) is 0 Å². The normalized spacial score (nSPS) is 27.6. The van der Waals surface area contributed by atoms with Crippen molar-refractivity contribution in [3.63, 3.8) is 0 Å². The van der Waals surface area contributed by atoms with Crippen LogP contribution in [-0.4, -0.2) is 24.2 Å². The van der Waals surface area contributed by atoms with Crippen LogP contribution in [0.4, 0.5) is 17.6 Å². The third-order valence-corrected chi connectivity index (χ3v) is 4.53. The molecule has 1 aromatic rings. The molecular weight excluding hydrogens is 314 g/mol. The minimum Gasteiger partial charge on any atom is -0.403 e. The van der Waals surface area contributed by atoms with Gasteiger partial charge in [0.05, 0.1) is 0 Å². The number of hydrogen-bond donors (Lipinski definition) is 1. The van der Waals surface area contributed by atoms with Crippen molar-refractivity contribution in [2.45, 2.75) is 50.6 Å². The lowest BCUT2D eigenvalue weighted by atomic mass is 9.77. The third-order valence-electron chi connectivity index (χ3n) is 4.53. The number of rotatable bonds is 3. The smallest absolute Gasteiger partial charge is 0.403 e. The Morgan fingerprint density at radius 2 is 1.83 bits per heavy atom. The summed E-state index contributed by atoms with van der Waals surface area (Å²) < 4.78 is 53.7. The van der Waals surface area contributed by atoms with Gasteiger partial charge < -0.3 is 10.1 Å². The Balaban J connectivity index is 1.74. The topological polar surface area (TPSA) is 38.3 Å². The number of Topliss-reactive ketones (excluding diaryl/α,β-unsaturated/α-hetero) is 1. The maximum atomic E-state index is 13.7. The van der Waals surface area contributed by atoms with Crippen molar-refractivity contribution in [2.75, 3.05) is 0 Å². The molecular formula is C16H17F4NO2. The molecule has 3 nitrogen and oxygen atoms in total. The maximum absolute atomic E-state index is 13.7. The Morgan fingerprint density at radius 3 is 2.39 bits per heavy atom. The molecule has 2 fully saturated rings. The second-order valence-corrected chi connectivity index (χ2v) is 6.22. The lowest BCUT2D eigenvalue weighted by Crippen LogP contribution is -2.50. The second-order valence-electron chi connectivity index (χ2n) is 6.22. The fourth-order valence-corrected chi connectivity index (χ4v) is 3.58. The number of ketones is 1. The van der Waals surface area contributed by atoms with E-state index >= 15 is 0 Å². The summed E-state index contributed by atoms with van der Waals surface area (Å²) >= 11 is 0. The lowest BCUT2D eigenvalue weighted by Gasteiger charge is -2.39. The first-order valence-corrected chi connectivity index (χ1v) is 7.67. The Bertz CT molecular complexity index is 590. The van der Waals surface area contributed by atoms with Crippen LogP contribution in [0, 0.1) is 11.7 Å². The van der Waals surface area contributed by atoms with Gasteiger partial charge in [-0.1, -0.05) is 6.42 Å². The quantitative estimate of drug-likeness (QED) is 0.676. The first kappa shape index (κ1) is 16.2. The first-order valence-electron chi connectivity index (χ1n) is 7.67. The van der Waals surface area contributed by atoms with Crippen molar-refractivity contribution in [3.8, 4) is 5.75 Å². The molecule has 2 atom stereocenters. The van der Waals surface area contributed by atoms with Crippen LogP contribution in [0.2, 0.25) is 0 Å². The molecule has 0 radical (unpaired) electrons. The van der Waals surface area contributed by atoms with Crippen LogP contribution in [0.25, 0.3) is 0 Å². The Labute approximate surface area is 131 Å². The van der Waals surface area contributed by atoms with E-state index in [1.165, 1.54) is 6.07 Å². The van der Waals surface area contributed by atoms with E-state index in [1.54, 1.807) is 0 Å². The van der Waals surface area contributed by atoms with E-state index in [0.29, 0.717) is 24.9 Å². The summed E-state index contributed by atoms with van der Waals surface area (Å²) in [5.74, 6) is -2.51. The summed E-state index contributed by atoms with van der Waals surface area (Å²) in [7, 11) is 0. The van der Waals surface area contributed by atoms with E-state index in [2.05, 4.69) is 10.1 Å². The van der Waals surface area contributed by atoms with E-state index in [1.807, 2.05) is 0 Å². The summed E-state index contributed by atoms with van der Waals surface area (Å²) in [6.45, 7) is 0. The van der Waals surface area contributed by atoms with Crippen molar-refractivity contribution in [1.29, 1.82) is 0 Å². The molecule has 3 rings (SSSR count). The number of alkyl halides is 3. The number of hydrogen-bond acceptors (Lipinski definition) is 3. The van der Waals surface area contributed by atoms with E-state index in [-0.39, 0.29) is 17.3 Å². The molecule has 0 aliphatic carbocycles. The van der Waals surface area contributed by atoms with E-state index in [0.717, 1.165) is 31.4 Å². The summed E-state index contributed by atoms with van der Waals surface area (Å²) in [6.07, 6.45) is -0.393. The van der Waals surface area contributed by atoms with Gasteiger partial charge in [-0.15, -0.1) is 13.2 Å². The number of benzene rings is 1. The van der Waals surface area contributed by atoms with E-state index in [9.17, 15) is 22.4 Å². The van der Waals surface area contributed by atoms with Crippen LogP contribution >= 0.6 is 0 Å². The highest BCUT2D eigenvalue weighted by molar-refractivity contribution is 5.98. The number of piperidine rings is 2. The van der Waals surface area contributed by atoms with Crippen molar-refractivity contribution >= 4 is 5.78 Å². The number of carbonyl (C=O) groups excluding carboxylic acids is 1. The first-order chi connectivity index (χ1) is 10.8. The zero-order valence-electron chi connectivity index (χ0n) is 12.3. The minimum atomic E-state index is -4.96. The van der Waals surface area contributed by atoms with Crippen molar-refractivity contribution in [1.82, 2.24) is 5.32 Å². The highest BCUT2D eigenvalue weighted by atomic mass is 19.4. The molecule has 0 spiro atoms. The van der Waals surface area contributed by atoms with Crippen LogP contribution in [0.5, 0.6) is 5.75 Å². The van der Waals surface area contributed by atoms with Crippen LogP contribution in [0.1, 0.15) is 42.5 Å². The molecule has 0 aromatic heterocycles. The van der Waals surface area contributed by atoms with Gasteiger partial charge in [-0.2, -0.15) is 0 Å². The van der Waals surface area contributed by atoms with E-state index in [4.69, 9.17) is 0 Å². The largest absolute Gasteiger partial charge is 0.573 e. The van der Waals surface area contributed by atoms with Gasteiger partial charge in [-0.25, -0.2) is 4.39 Å². The average molecular weight is 331 g/mol. The molecule has 126 valence electrons. The van der Waals surface area contributed by atoms with Gasteiger partial charge in [0.15, 0.2) is 17.3 Å². The number of halogens is 4. The summed E-state index contributed by atoms with van der Waals surface area (Å²) in [5.41, 5.74) is 0.0991. The van der Waals surface area contributed by atoms with Crippen molar-refractivity contribution < 1.29 is 27.1 Å². The van der Waals surface area contributed by atoms with Gasteiger partial charge in [0, 0.05) is 23.6 Å². The zero-order chi connectivity index (χ0) is 16.6. The highest BCUT2D eigenvalue weighted by Gasteiger charge is 2.36. The molecule has 1 N–H and O–H groups in total. The predicted molar refractivity (Wildman–Crippen MR) is 74.7 cm³/mol. The number of carbonyl (C=O) groups is 1. The van der Waals surface area contributed by atoms with Gasteiger partial charge >= 0.3 is 6.36 Å². The van der Waals surface area contributed by atoms with Gasteiger partial charge in [-0.3, -0.25) is 4.79 Å². The molecule has 2 aliphatic heterocycles. The lowest BCUT2D eigenvalue weighted by molar-refractivity contribution is -0.275. The number of nitrogens with one attached hydrogen (secondary N) is 1. The molecule has 2 aliphatic rings. The van der Waals surface area contributed by atoms with Gasteiger partial charge in [0.1, 0.15) is 0 Å². The number of ether oxygens (including phenoxy) is 1. The summed E-state index contributed by atoms with van der Waals surface area (Å²) in [4.78, 5) is 12.5. The molecule has 2 unspecified atom stereocenters. The maximum Gasteiger partial charge on any atom is 0.573 e. The molecule has 0 saturated carbocycles. The summed E-state index contributed by atoms with van der Waals surface area (Å²) in [5, 5.41) is 3.46. The zero-order valence-corrected chi connectivity index (χ0v) is 12.3. The monoisotopic (exact) mass is 331 g/mol. The fourth-order valence-electron chi connectivity index (χ4n) is 3.58. The van der Waals surface area contributed by atoms with E-state index < -0.39 is 17.9 Å². The van der Waals surface area contributed by atoms with Crippen molar-refractivity contribution in [3.05, 3.63) is 29.6 Å². The fraction of sp³-hybridized carbons (Fsp3) is 0.562. The van der Waals surface area contributed by atoms with Crippen LogP contribution in [0.3, 0.4) is 0 Å². The molecule has 2 bridgehead atoms. The Morgan fingerprint density at radius 1 is 1.17 bits per heavy atom. The Hall–Kier alpha value is -1.63. The van der Waals surface area contributed by atoms with Gasteiger partial charge in [-0.05, 0) is 43.9 Å². The Kier molecular flexibility index (Phi) is 4.31. The average Bonchev–Trinajstić information content (AvgIpc) is 2.47. The molecule has 2 heterocycles. The van der Waals surface area contributed by atoms with Crippen molar-refractivity contribution in [2.24, 2.45) is 5.92 Å². The highest BCUT2D eigenvalue weighted by Crippen LogP contribution is 2.33. The molecule has 23 heavy (non-hydrogen) atoms. The van der Waals surface area contributed by atoms with Crippen LogP contribution in [-0.2, 0) is 0 Å². The number of fused-ring (bicyclic) bond motifs is 2. The summed E-state index contributed by atoms with van der Waals surface area (Å²) in [6, 6.07) is 3.49. The SMILES string of the molecule is O=C(c1ccc(OC(F)(F)F)c(F)c1)C1CC2CCCC(C1)N2. The standard InChI is InChI=1S/C16H17F4NO2/c17-13-8-9(4-5-14(13)23-16(18,19)20)15(22)10-6-11-2-1-3-12(7-10)21-11/h4-5,8,10-12,21H,1-3,6-7H2.